The number of nitrogens with zero attached hydrogens (tertiary/aromatic N) is 1. The summed E-state index contributed by atoms with van der Waals surface area (Å²) >= 11 is 0. The van der Waals surface area contributed by atoms with E-state index in [1.165, 1.54) is 18.2 Å². The highest BCUT2D eigenvalue weighted by Gasteiger charge is 2.11. The van der Waals surface area contributed by atoms with Gasteiger partial charge in [-0.05, 0) is 13.0 Å². The van der Waals surface area contributed by atoms with Gasteiger partial charge in [0.2, 0.25) is 5.56 Å². The number of amidine groups is 1. The molecule has 1 atom stereocenters. The molecule has 0 fully saturated rings. The summed E-state index contributed by atoms with van der Waals surface area (Å²) in [6, 6.07) is 3.99. The summed E-state index contributed by atoms with van der Waals surface area (Å²) in [5.74, 6) is -0.389. The Morgan fingerprint density at radius 2 is 2.35 bits per heavy atom. The monoisotopic (exact) mass is 238 g/mol. The van der Waals surface area contributed by atoms with Crippen molar-refractivity contribution in [1.82, 2.24) is 10.3 Å². The minimum Gasteiger partial charge on any atom is -0.409 e. The van der Waals surface area contributed by atoms with Crippen molar-refractivity contribution < 1.29 is 10.0 Å². The smallest absolute Gasteiger partial charge is 0.268 e. The third-order valence-corrected chi connectivity index (χ3v) is 2.03. The van der Waals surface area contributed by atoms with E-state index in [1.54, 1.807) is 6.92 Å². The Bertz CT molecular complexity index is 480. The summed E-state index contributed by atoms with van der Waals surface area (Å²) in [5, 5.41) is 13.8. The van der Waals surface area contributed by atoms with Crippen molar-refractivity contribution in [2.75, 3.05) is 0 Å². The summed E-state index contributed by atoms with van der Waals surface area (Å²) in [6.45, 7) is 1.71. The Kier molecular flexibility index (Phi) is 4.27. The molecule has 0 spiro atoms. The summed E-state index contributed by atoms with van der Waals surface area (Å²) in [4.78, 5) is 25.1. The molecule has 0 aliphatic carbocycles. The van der Waals surface area contributed by atoms with Crippen LogP contribution in [0.25, 0.3) is 0 Å². The third kappa shape index (κ3) is 3.98. The van der Waals surface area contributed by atoms with E-state index in [2.05, 4.69) is 15.5 Å². The van der Waals surface area contributed by atoms with E-state index >= 15 is 0 Å². The van der Waals surface area contributed by atoms with Crippen LogP contribution in [0.4, 0.5) is 0 Å². The Balaban J connectivity index is 2.64. The lowest BCUT2D eigenvalue weighted by Crippen LogP contribution is -2.36. The zero-order valence-electron chi connectivity index (χ0n) is 9.30. The van der Waals surface area contributed by atoms with Crippen LogP contribution in [-0.4, -0.2) is 28.0 Å². The summed E-state index contributed by atoms with van der Waals surface area (Å²) in [5.41, 5.74) is 5.13. The molecule has 1 amide bonds. The fraction of sp³-hybridized carbons (Fsp3) is 0.300. The zero-order chi connectivity index (χ0) is 12.8. The number of carbonyl (C=O) groups is 1. The molecule has 0 bridgehead atoms. The second-order valence-corrected chi connectivity index (χ2v) is 3.60. The molecule has 0 aliphatic heterocycles. The lowest BCUT2D eigenvalue weighted by molar-refractivity contribution is 0.0935. The van der Waals surface area contributed by atoms with Crippen LogP contribution in [0.5, 0.6) is 0 Å². The van der Waals surface area contributed by atoms with Gasteiger partial charge in [-0.2, -0.15) is 0 Å². The molecule has 0 aliphatic rings. The molecule has 92 valence electrons. The van der Waals surface area contributed by atoms with Crippen molar-refractivity contribution in [3.63, 3.8) is 0 Å². The van der Waals surface area contributed by atoms with Gasteiger partial charge >= 0.3 is 0 Å². The highest BCUT2D eigenvalue weighted by molar-refractivity contribution is 5.92. The van der Waals surface area contributed by atoms with Crippen LogP contribution in [0.15, 0.2) is 28.1 Å². The van der Waals surface area contributed by atoms with Crippen LogP contribution in [0, 0.1) is 0 Å². The number of aromatic nitrogens is 1. The summed E-state index contributed by atoms with van der Waals surface area (Å²) in [7, 11) is 0. The number of rotatable bonds is 4. The van der Waals surface area contributed by atoms with Gasteiger partial charge in [0.05, 0.1) is 0 Å². The molecule has 0 radical (unpaired) electrons. The molecular weight excluding hydrogens is 224 g/mol. The first-order valence-electron chi connectivity index (χ1n) is 4.99. The van der Waals surface area contributed by atoms with Gasteiger partial charge in [0.25, 0.3) is 5.91 Å². The minimum atomic E-state index is -0.416. The number of nitrogens with one attached hydrogen (secondary N) is 2. The number of H-pyrrole nitrogens is 1. The molecular formula is C10H14N4O3. The Morgan fingerprint density at radius 1 is 1.65 bits per heavy atom. The Labute approximate surface area is 97.3 Å². The van der Waals surface area contributed by atoms with E-state index in [4.69, 9.17) is 10.9 Å². The van der Waals surface area contributed by atoms with E-state index in [0.717, 1.165) is 0 Å². The third-order valence-electron chi connectivity index (χ3n) is 2.03. The highest BCUT2D eigenvalue weighted by atomic mass is 16.4. The number of pyridine rings is 1. The first-order valence-corrected chi connectivity index (χ1v) is 4.99. The lowest BCUT2D eigenvalue weighted by Gasteiger charge is -2.12. The number of nitrogens with two attached hydrogens (primary N) is 1. The maximum Gasteiger partial charge on any atom is 0.268 e. The predicted octanol–water partition coefficient (Wildman–Crippen LogP) is -0.370. The number of carbonyl (C=O) groups excluding carboxylic acids is 1. The molecule has 0 aromatic carbocycles. The van der Waals surface area contributed by atoms with Crippen LogP contribution >= 0.6 is 0 Å². The summed E-state index contributed by atoms with van der Waals surface area (Å²) in [6.07, 6.45) is 0.222. The van der Waals surface area contributed by atoms with Gasteiger partial charge < -0.3 is 21.2 Å². The normalized spacial score (nSPS) is 13.1. The SMILES string of the molecule is CC(C/C(N)=N/O)NC(=O)c1cccc(=O)[nH]1. The molecule has 7 heteroatoms. The summed E-state index contributed by atoms with van der Waals surface area (Å²) < 4.78 is 0. The maximum atomic E-state index is 11.7. The molecule has 7 nitrogen and oxygen atoms in total. The zero-order valence-corrected chi connectivity index (χ0v) is 9.30. The van der Waals surface area contributed by atoms with Gasteiger partial charge in [-0.1, -0.05) is 11.2 Å². The van der Waals surface area contributed by atoms with Crippen molar-refractivity contribution in [2.45, 2.75) is 19.4 Å². The Morgan fingerprint density at radius 3 is 2.94 bits per heavy atom. The van der Waals surface area contributed by atoms with Gasteiger partial charge in [-0.25, -0.2) is 0 Å². The van der Waals surface area contributed by atoms with Crippen LogP contribution < -0.4 is 16.6 Å². The first kappa shape index (κ1) is 12.8. The van der Waals surface area contributed by atoms with Crippen LogP contribution in [0.1, 0.15) is 23.8 Å². The average Bonchev–Trinajstić information content (AvgIpc) is 2.28. The maximum absolute atomic E-state index is 11.7. The highest BCUT2D eigenvalue weighted by Crippen LogP contribution is 1.95. The van der Waals surface area contributed by atoms with Gasteiger partial charge in [0, 0.05) is 18.5 Å². The topological polar surface area (TPSA) is 121 Å². The minimum absolute atomic E-state index is 0.0272. The molecule has 1 aromatic rings. The molecule has 1 rings (SSSR count). The van der Waals surface area contributed by atoms with E-state index in [9.17, 15) is 9.59 Å². The number of hydrogen-bond acceptors (Lipinski definition) is 4. The quantitative estimate of drug-likeness (QED) is 0.247. The van der Waals surface area contributed by atoms with Gasteiger partial charge in [0.15, 0.2) is 0 Å². The van der Waals surface area contributed by atoms with Crippen molar-refractivity contribution in [1.29, 1.82) is 0 Å². The van der Waals surface area contributed by atoms with E-state index < -0.39 is 5.91 Å². The van der Waals surface area contributed by atoms with E-state index in [-0.39, 0.29) is 29.6 Å². The fourth-order valence-corrected chi connectivity index (χ4v) is 1.29. The van der Waals surface area contributed by atoms with Crippen molar-refractivity contribution in [2.24, 2.45) is 10.9 Å². The van der Waals surface area contributed by atoms with Crippen LogP contribution in [0.3, 0.4) is 0 Å². The lowest BCUT2D eigenvalue weighted by atomic mass is 10.2. The number of hydrogen-bond donors (Lipinski definition) is 4. The average molecular weight is 238 g/mol. The van der Waals surface area contributed by atoms with Gasteiger partial charge in [-0.15, -0.1) is 0 Å². The van der Waals surface area contributed by atoms with Crippen molar-refractivity contribution in [3.8, 4) is 0 Å². The molecule has 1 heterocycles. The van der Waals surface area contributed by atoms with E-state index in [0.29, 0.717) is 0 Å². The largest absolute Gasteiger partial charge is 0.409 e. The van der Waals surface area contributed by atoms with Crippen molar-refractivity contribution in [3.05, 3.63) is 34.2 Å². The molecule has 5 N–H and O–H groups in total. The van der Waals surface area contributed by atoms with Crippen molar-refractivity contribution >= 4 is 11.7 Å². The second-order valence-electron chi connectivity index (χ2n) is 3.60. The first-order chi connectivity index (χ1) is 8.02. The fourth-order valence-electron chi connectivity index (χ4n) is 1.29. The van der Waals surface area contributed by atoms with Gasteiger partial charge in [-0.3, -0.25) is 9.59 Å². The number of aromatic amines is 1. The molecule has 0 saturated carbocycles. The predicted molar refractivity (Wildman–Crippen MR) is 62.0 cm³/mol. The molecule has 1 unspecified atom stereocenters. The van der Waals surface area contributed by atoms with Crippen LogP contribution in [-0.2, 0) is 0 Å². The molecule has 17 heavy (non-hydrogen) atoms. The van der Waals surface area contributed by atoms with E-state index in [1.807, 2.05) is 0 Å². The second kappa shape index (κ2) is 5.69. The molecule has 0 saturated heterocycles. The Hall–Kier alpha value is -2.31. The standard InChI is InChI=1S/C10H14N4O3/c1-6(5-8(11)14-17)12-10(16)7-3-2-4-9(15)13-7/h2-4,6,17H,5H2,1H3,(H2,11,14)(H,12,16)(H,13,15). The number of oxime groups is 1. The van der Waals surface area contributed by atoms with Gasteiger partial charge in [0.1, 0.15) is 11.5 Å². The molecule has 1 aromatic heterocycles. The van der Waals surface area contributed by atoms with Crippen LogP contribution in [0.2, 0.25) is 0 Å². The number of amides is 1.